The summed E-state index contributed by atoms with van der Waals surface area (Å²) in [5, 5.41) is 9.09. The molecule has 0 saturated heterocycles. The molecular formula is C9H18O3. The molecule has 0 bridgehead atoms. The fourth-order valence-corrected chi connectivity index (χ4v) is 0.963. The number of hydrogen-bond donors (Lipinski definition) is 1. The third-order valence-electron chi connectivity index (χ3n) is 1.46. The van der Waals surface area contributed by atoms with Crippen molar-refractivity contribution in [3.63, 3.8) is 0 Å². The minimum Gasteiger partial charge on any atom is -0.393 e. The van der Waals surface area contributed by atoms with Crippen molar-refractivity contribution in [3.05, 3.63) is 12.7 Å². The fourth-order valence-electron chi connectivity index (χ4n) is 0.963. The lowest BCUT2D eigenvalue weighted by Gasteiger charge is -2.16. The van der Waals surface area contributed by atoms with Crippen LogP contribution in [0.5, 0.6) is 0 Å². The minimum atomic E-state index is -0.341. The predicted molar refractivity (Wildman–Crippen MR) is 47.9 cm³/mol. The molecule has 72 valence electrons. The Bertz CT molecular complexity index is 112. The quantitative estimate of drug-likeness (QED) is 0.467. The molecule has 0 radical (unpaired) electrons. The van der Waals surface area contributed by atoms with Crippen LogP contribution >= 0.6 is 0 Å². The van der Waals surface area contributed by atoms with Crippen LogP contribution < -0.4 is 0 Å². The molecule has 0 saturated carbocycles. The standard InChI is InChI=1S/C9H18O3/c1-4-5-9(6-8(2)10)12-7-11-3/h4,8-10H,1,5-7H2,2-3H3/t8-,9-/m0/s1. The second kappa shape index (κ2) is 7.28. The van der Waals surface area contributed by atoms with Gasteiger partial charge in [0.25, 0.3) is 0 Å². The maximum absolute atomic E-state index is 9.09. The third-order valence-corrected chi connectivity index (χ3v) is 1.46. The second-order valence-electron chi connectivity index (χ2n) is 2.80. The average molecular weight is 174 g/mol. The van der Waals surface area contributed by atoms with E-state index in [0.717, 1.165) is 6.42 Å². The van der Waals surface area contributed by atoms with E-state index in [9.17, 15) is 0 Å². The molecule has 0 aliphatic carbocycles. The lowest BCUT2D eigenvalue weighted by molar-refractivity contribution is -0.0815. The van der Waals surface area contributed by atoms with Crippen molar-refractivity contribution in [3.8, 4) is 0 Å². The Balaban J connectivity index is 3.61. The summed E-state index contributed by atoms with van der Waals surface area (Å²) in [6.07, 6.45) is 2.82. The largest absolute Gasteiger partial charge is 0.393 e. The first-order chi connectivity index (χ1) is 5.70. The van der Waals surface area contributed by atoms with E-state index in [1.165, 1.54) is 0 Å². The zero-order valence-corrected chi connectivity index (χ0v) is 7.82. The molecule has 3 nitrogen and oxygen atoms in total. The van der Waals surface area contributed by atoms with Gasteiger partial charge in [0.15, 0.2) is 0 Å². The van der Waals surface area contributed by atoms with Gasteiger partial charge in [-0.05, 0) is 19.8 Å². The highest BCUT2D eigenvalue weighted by Gasteiger charge is 2.09. The van der Waals surface area contributed by atoms with Crippen molar-refractivity contribution in [1.29, 1.82) is 0 Å². The van der Waals surface area contributed by atoms with Crippen molar-refractivity contribution in [2.24, 2.45) is 0 Å². The molecular weight excluding hydrogens is 156 g/mol. The molecule has 3 heteroatoms. The SMILES string of the molecule is C=CC[C@@H](C[C@H](C)O)OCOC. The van der Waals surface area contributed by atoms with E-state index in [-0.39, 0.29) is 19.0 Å². The zero-order chi connectivity index (χ0) is 9.40. The first kappa shape index (κ1) is 11.6. The Morgan fingerprint density at radius 1 is 1.58 bits per heavy atom. The maximum Gasteiger partial charge on any atom is 0.146 e. The van der Waals surface area contributed by atoms with Crippen LogP contribution in [0, 0.1) is 0 Å². The summed E-state index contributed by atoms with van der Waals surface area (Å²) in [7, 11) is 1.58. The van der Waals surface area contributed by atoms with Crippen LogP contribution in [0.25, 0.3) is 0 Å². The number of hydrogen-bond acceptors (Lipinski definition) is 3. The van der Waals surface area contributed by atoms with E-state index in [1.807, 2.05) is 0 Å². The van der Waals surface area contributed by atoms with Crippen molar-refractivity contribution >= 4 is 0 Å². The molecule has 0 aliphatic rings. The highest BCUT2D eigenvalue weighted by molar-refractivity contribution is 4.74. The summed E-state index contributed by atoms with van der Waals surface area (Å²) in [6.45, 7) is 5.62. The Morgan fingerprint density at radius 2 is 2.25 bits per heavy atom. The van der Waals surface area contributed by atoms with E-state index >= 15 is 0 Å². The average Bonchev–Trinajstić information content (AvgIpc) is 2.00. The van der Waals surface area contributed by atoms with E-state index < -0.39 is 0 Å². The maximum atomic E-state index is 9.09. The van der Waals surface area contributed by atoms with Gasteiger partial charge in [-0.2, -0.15) is 0 Å². The summed E-state index contributed by atoms with van der Waals surface area (Å²) in [5.41, 5.74) is 0. The molecule has 0 aromatic heterocycles. The zero-order valence-electron chi connectivity index (χ0n) is 7.82. The van der Waals surface area contributed by atoms with Gasteiger partial charge in [0, 0.05) is 7.11 Å². The van der Waals surface area contributed by atoms with Gasteiger partial charge in [0.1, 0.15) is 6.79 Å². The molecule has 0 aromatic rings. The molecule has 0 spiro atoms. The molecule has 2 atom stereocenters. The van der Waals surface area contributed by atoms with Crippen LogP contribution in [0.2, 0.25) is 0 Å². The lowest BCUT2D eigenvalue weighted by Crippen LogP contribution is -2.19. The summed E-state index contributed by atoms with van der Waals surface area (Å²) >= 11 is 0. The highest BCUT2D eigenvalue weighted by Crippen LogP contribution is 2.07. The van der Waals surface area contributed by atoms with Crippen LogP contribution in [0.15, 0.2) is 12.7 Å². The third kappa shape index (κ3) is 6.34. The normalized spacial score (nSPS) is 15.6. The molecule has 0 aromatic carbocycles. The van der Waals surface area contributed by atoms with E-state index in [0.29, 0.717) is 6.42 Å². The van der Waals surface area contributed by atoms with Gasteiger partial charge in [0.05, 0.1) is 12.2 Å². The lowest BCUT2D eigenvalue weighted by atomic mass is 10.1. The Morgan fingerprint density at radius 3 is 2.67 bits per heavy atom. The smallest absolute Gasteiger partial charge is 0.146 e. The Labute approximate surface area is 74.0 Å². The monoisotopic (exact) mass is 174 g/mol. The van der Waals surface area contributed by atoms with Gasteiger partial charge in [0.2, 0.25) is 0 Å². The topological polar surface area (TPSA) is 38.7 Å². The number of aliphatic hydroxyl groups is 1. The summed E-state index contributed by atoms with van der Waals surface area (Å²) in [5.74, 6) is 0. The van der Waals surface area contributed by atoms with Crippen LogP contribution in [-0.4, -0.2) is 31.2 Å². The van der Waals surface area contributed by atoms with Crippen LogP contribution in [0.1, 0.15) is 19.8 Å². The van der Waals surface area contributed by atoms with Crippen molar-refractivity contribution in [1.82, 2.24) is 0 Å². The van der Waals surface area contributed by atoms with Crippen molar-refractivity contribution in [2.45, 2.75) is 32.0 Å². The van der Waals surface area contributed by atoms with Crippen molar-refractivity contribution < 1.29 is 14.6 Å². The molecule has 0 amide bonds. The van der Waals surface area contributed by atoms with Gasteiger partial charge < -0.3 is 14.6 Å². The van der Waals surface area contributed by atoms with E-state index in [4.69, 9.17) is 14.6 Å². The van der Waals surface area contributed by atoms with Gasteiger partial charge in [-0.15, -0.1) is 6.58 Å². The predicted octanol–water partition coefficient (Wildman–Crippen LogP) is 1.32. The number of methoxy groups -OCH3 is 1. The highest BCUT2D eigenvalue weighted by atomic mass is 16.7. The molecule has 0 fully saturated rings. The van der Waals surface area contributed by atoms with Crippen LogP contribution in [0.3, 0.4) is 0 Å². The molecule has 1 N–H and O–H groups in total. The first-order valence-electron chi connectivity index (χ1n) is 4.10. The Kier molecular flexibility index (Phi) is 7.05. The van der Waals surface area contributed by atoms with Crippen LogP contribution in [-0.2, 0) is 9.47 Å². The second-order valence-corrected chi connectivity index (χ2v) is 2.80. The first-order valence-corrected chi connectivity index (χ1v) is 4.10. The van der Waals surface area contributed by atoms with E-state index in [1.54, 1.807) is 20.1 Å². The molecule has 0 unspecified atom stereocenters. The minimum absolute atomic E-state index is 0.0162. The van der Waals surface area contributed by atoms with Gasteiger partial charge in [-0.25, -0.2) is 0 Å². The molecule has 0 heterocycles. The number of rotatable bonds is 7. The summed E-state index contributed by atoms with van der Waals surface area (Å²) < 4.78 is 10.1. The van der Waals surface area contributed by atoms with E-state index in [2.05, 4.69) is 6.58 Å². The summed E-state index contributed by atoms with van der Waals surface area (Å²) in [6, 6.07) is 0. The Hall–Kier alpha value is -0.380. The molecule has 0 rings (SSSR count). The van der Waals surface area contributed by atoms with Gasteiger partial charge in [-0.1, -0.05) is 6.08 Å². The molecule has 12 heavy (non-hydrogen) atoms. The van der Waals surface area contributed by atoms with Gasteiger partial charge >= 0.3 is 0 Å². The fraction of sp³-hybridized carbons (Fsp3) is 0.778. The molecule has 0 aliphatic heterocycles. The van der Waals surface area contributed by atoms with Gasteiger partial charge in [-0.3, -0.25) is 0 Å². The number of ether oxygens (including phenoxy) is 2. The van der Waals surface area contributed by atoms with Crippen LogP contribution in [0.4, 0.5) is 0 Å². The van der Waals surface area contributed by atoms with Crippen molar-refractivity contribution in [2.75, 3.05) is 13.9 Å². The number of aliphatic hydroxyl groups excluding tert-OH is 1. The summed E-state index contributed by atoms with van der Waals surface area (Å²) in [4.78, 5) is 0.